The number of methoxy groups -OCH3 is 2. The quantitative estimate of drug-likeness (QED) is 0.173. The van der Waals surface area contributed by atoms with Gasteiger partial charge in [-0.3, -0.25) is 4.57 Å². The molecule has 2 aliphatic rings. The molecule has 9 atom stereocenters. The van der Waals surface area contributed by atoms with Crippen molar-refractivity contribution in [1.82, 2.24) is 0 Å². The van der Waals surface area contributed by atoms with Crippen molar-refractivity contribution >= 4 is 52.2 Å². The maximum absolute atomic E-state index is 12.0. The second-order valence-corrected chi connectivity index (χ2v) is 15.2. The van der Waals surface area contributed by atoms with Crippen LogP contribution < -0.4 is 0 Å². The Morgan fingerprint density at radius 3 is 2.47 bits per heavy atom. The Hall–Kier alpha value is 1.04. The zero-order valence-corrected chi connectivity index (χ0v) is 21.0. The molecule has 0 bridgehead atoms. The van der Waals surface area contributed by atoms with Crippen LogP contribution >= 0.6 is 25.3 Å². The van der Waals surface area contributed by atoms with Gasteiger partial charge in [0.15, 0.2) is 13.8 Å². The van der Waals surface area contributed by atoms with Crippen LogP contribution in [0.3, 0.4) is 0 Å². The maximum atomic E-state index is 12.0. The predicted octanol–water partition coefficient (Wildman–Crippen LogP) is 0.789. The van der Waals surface area contributed by atoms with Gasteiger partial charge >= 0.3 is 0 Å². The molecule has 0 aromatic rings. The van der Waals surface area contributed by atoms with Crippen molar-refractivity contribution in [3.63, 3.8) is 0 Å². The van der Waals surface area contributed by atoms with Crippen LogP contribution in [-0.4, -0.2) is 110 Å². The molecule has 1 N–H and O–H groups in total. The van der Waals surface area contributed by atoms with E-state index < -0.39 is 37.4 Å². The summed E-state index contributed by atoms with van der Waals surface area (Å²) in [5.41, 5.74) is 0. The van der Waals surface area contributed by atoms with E-state index in [9.17, 15) is 9.46 Å². The van der Waals surface area contributed by atoms with E-state index in [1.807, 2.05) is 7.28 Å². The van der Waals surface area contributed by atoms with Crippen molar-refractivity contribution in [2.24, 2.45) is 0 Å². The molecule has 2 fully saturated rings. The Balaban J connectivity index is 1.82. The average molecular weight is 501 g/mol. The van der Waals surface area contributed by atoms with Gasteiger partial charge in [0.1, 0.15) is 32.3 Å². The lowest BCUT2D eigenvalue weighted by molar-refractivity contribution is -0.0200. The first-order chi connectivity index (χ1) is 13.9. The van der Waals surface area contributed by atoms with Crippen LogP contribution in [0, 0.1) is 0 Å². The summed E-state index contributed by atoms with van der Waals surface area (Å²) in [5.74, 6) is 0. The summed E-state index contributed by atoms with van der Waals surface area (Å²) >= 11 is 8.97. The SMILES string of the molecule is [B][C@@H]1O[C@H](COC[B][C@H]2CC(OP(C)(O)=S)[C@@H](COC)O2)C(OP(C)(=O)S)C1OC. The highest BCUT2D eigenvalue weighted by Crippen LogP contribution is 2.51. The summed E-state index contributed by atoms with van der Waals surface area (Å²) in [4.78, 5) is 9.86. The zero-order chi connectivity index (χ0) is 22.5. The fourth-order valence-corrected chi connectivity index (χ4v) is 5.53. The Morgan fingerprint density at radius 1 is 1.20 bits per heavy atom. The fourth-order valence-electron chi connectivity index (χ4n) is 3.44. The van der Waals surface area contributed by atoms with Crippen LogP contribution in [0.4, 0.5) is 0 Å². The van der Waals surface area contributed by atoms with E-state index in [1.54, 1.807) is 7.11 Å². The summed E-state index contributed by atoms with van der Waals surface area (Å²) in [5, 5.41) is 0. The van der Waals surface area contributed by atoms with E-state index in [4.69, 9.17) is 52.4 Å². The fraction of sp³-hybridized carbons (Fsp3) is 1.00. The van der Waals surface area contributed by atoms with Crippen LogP contribution in [0.15, 0.2) is 0 Å². The van der Waals surface area contributed by atoms with E-state index in [-0.39, 0.29) is 31.3 Å². The number of ether oxygens (including phenoxy) is 5. The minimum Gasteiger partial charge on any atom is -0.387 e. The lowest BCUT2D eigenvalue weighted by Gasteiger charge is -2.24. The molecular weight excluding hydrogens is 472 g/mol. The van der Waals surface area contributed by atoms with Gasteiger partial charge in [0, 0.05) is 46.1 Å². The van der Waals surface area contributed by atoms with Gasteiger partial charge in [-0.25, -0.2) is 0 Å². The minimum atomic E-state index is -3.08. The summed E-state index contributed by atoms with van der Waals surface area (Å²) < 4.78 is 50.8. The zero-order valence-electron chi connectivity index (χ0n) is 17.5. The maximum Gasteiger partial charge on any atom is 0.252 e. The third-order valence-corrected chi connectivity index (χ3v) is 6.42. The van der Waals surface area contributed by atoms with Crippen molar-refractivity contribution in [2.45, 2.75) is 48.9 Å². The van der Waals surface area contributed by atoms with Crippen LogP contribution in [0.25, 0.3) is 0 Å². The molecule has 5 unspecified atom stereocenters. The smallest absolute Gasteiger partial charge is 0.252 e. The second-order valence-electron chi connectivity index (χ2n) is 7.34. The molecule has 3 radical (unpaired) electrons. The number of hydrogen-bond donors (Lipinski definition) is 2. The molecule has 15 heteroatoms. The first-order valence-electron chi connectivity index (χ1n) is 9.40. The highest BCUT2D eigenvalue weighted by Gasteiger charge is 2.45. The second kappa shape index (κ2) is 12.0. The molecule has 0 aliphatic carbocycles. The molecule has 2 heterocycles. The largest absolute Gasteiger partial charge is 0.387 e. The topological polar surface area (TPSA) is 102 Å². The highest BCUT2D eigenvalue weighted by atomic mass is 32.7. The Bertz CT molecular complexity index is 637. The van der Waals surface area contributed by atoms with E-state index in [1.165, 1.54) is 20.4 Å². The highest BCUT2D eigenvalue weighted by molar-refractivity contribution is 8.46. The first-order valence-corrected chi connectivity index (χ1v) is 15.7. The van der Waals surface area contributed by atoms with Crippen molar-refractivity contribution < 1.29 is 42.2 Å². The summed E-state index contributed by atoms with van der Waals surface area (Å²) in [6.07, 6.45) is -1.94. The van der Waals surface area contributed by atoms with Crippen LogP contribution in [0.5, 0.6) is 0 Å². The Morgan fingerprint density at radius 2 is 1.90 bits per heavy atom. The summed E-state index contributed by atoms with van der Waals surface area (Å²) in [6, 6.07) is -0.964. The van der Waals surface area contributed by atoms with Gasteiger partial charge in [-0.05, 0) is 18.2 Å². The third kappa shape index (κ3) is 8.76. The van der Waals surface area contributed by atoms with E-state index >= 15 is 0 Å². The number of thiol groups is 1. The molecule has 2 aliphatic heterocycles. The van der Waals surface area contributed by atoms with E-state index in [0.717, 1.165) is 0 Å². The van der Waals surface area contributed by atoms with Gasteiger partial charge in [-0.2, -0.15) is 0 Å². The molecule has 0 aromatic heterocycles. The molecule has 30 heavy (non-hydrogen) atoms. The van der Waals surface area contributed by atoms with Gasteiger partial charge in [0.25, 0.3) is 6.57 Å². The summed E-state index contributed by atoms with van der Waals surface area (Å²) in [6.45, 7) is -2.25. The van der Waals surface area contributed by atoms with E-state index in [0.29, 0.717) is 13.0 Å². The molecule has 0 spiro atoms. The lowest BCUT2D eigenvalue weighted by atomic mass is 9.71. The monoisotopic (exact) mass is 501 g/mol. The standard InChI is InChI=1S/C15H29B2O9P2S2/c1-20-6-10-9(25-27(3,18)29)5-12(23-10)17-8-22-7-11-13(26-28(4,19)30)14(21-2)15(16)24-11/h9-15H,5-8H2,1-4H3,(H,18,29)(H,19,30)/t9?,10-,11-,12-,13?,14?,15-,27?,28?/m1/s1. The van der Waals surface area contributed by atoms with Gasteiger partial charge in [0.2, 0.25) is 0 Å². The molecule has 0 saturated carbocycles. The predicted molar refractivity (Wildman–Crippen MR) is 122 cm³/mol. The molecule has 2 saturated heterocycles. The van der Waals surface area contributed by atoms with Gasteiger partial charge < -0.3 is 37.6 Å². The molecule has 0 aromatic carbocycles. The van der Waals surface area contributed by atoms with Gasteiger partial charge in [-0.15, -0.1) is 0 Å². The Labute approximate surface area is 190 Å². The number of rotatable bonds is 12. The van der Waals surface area contributed by atoms with Crippen molar-refractivity contribution in [3.8, 4) is 0 Å². The molecule has 9 nitrogen and oxygen atoms in total. The first kappa shape index (κ1) is 27.3. The average Bonchev–Trinajstić information content (AvgIpc) is 3.09. The minimum absolute atomic E-state index is 0.156. The summed E-state index contributed by atoms with van der Waals surface area (Å²) in [7, 11) is 10.8. The Kier molecular flexibility index (Phi) is 10.9. The molecule has 2 rings (SSSR count). The lowest BCUT2D eigenvalue weighted by Crippen LogP contribution is -2.38. The molecule has 171 valence electrons. The van der Waals surface area contributed by atoms with Gasteiger partial charge in [0.05, 0.1) is 19.3 Å². The van der Waals surface area contributed by atoms with Gasteiger partial charge in [-0.1, -0.05) is 12.2 Å². The van der Waals surface area contributed by atoms with Crippen LogP contribution in [0.2, 0.25) is 0 Å². The van der Waals surface area contributed by atoms with Crippen molar-refractivity contribution in [3.05, 3.63) is 0 Å². The third-order valence-electron chi connectivity index (χ3n) is 4.59. The molecular formula is C15H29B2O9P2S2. The van der Waals surface area contributed by atoms with Crippen LogP contribution in [0.1, 0.15) is 6.42 Å². The molecule has 0 amide bonds. The van der Waals surface area contributed by atoms with Crippen LogP contribution in [-0.2, 0) is 49.1 Å². The van der Waals surface area contributed by atoms with Crippen molar-refractivity contribution in [2.75, 3.05) is 47.3 Å². The number of hydrogen-bond acceptors (Lipinski definition) is 9. The normalized spacial score (nSPS) is 38.3. The van der Waals surface area contributed by atoms with Crippen molar-refractivity contribution in [1.29, 1.82) is 0 Å². The van der Waals surface area contributed by atoms with E-state index in [2.05, 4.69) is 12.2 Å².